The van der Waals surface area contributed by atoms with Crippen molar-refractivity contribution in [1.82, 2.24) is 4.57 Å². The van der Waals surface area contributed by atoms with E-state index >= 15 is 0 Å². The molecule has 3 aliphatic rings. The number of methoxy groups -OCH3 is 1. The van der Waals surface area contributed by atoms with Crippen molar-refractivity contribution in [1.29, 1.82) is 0 Å². The number of fused-ring (bicyclic) bond motifs is 1. The van der Waals surface area contributed by atoms with Crippen molar-refractivity contribution in [3.63, 3.8) is 0 Å². The molecule has 2 aromatic carbocycles. The third-order valence-electron chi connectivity index (χ3n) is 7.77. The molecule has 1 aromatic heterocycles. The zero-order valence-corrected chi connectivity index (χ0v) is 19.7. The van der Waals surface area contributed by atoms with Gasteiger partial charge in [0.05, 0.1) is 23.6 Å². The van der Waals surface area contributed by atoms with Crippen molar-refractivity contribution in [2.75, 3.05) is 12.4 Å². The van der Waals surface area contributed by atoms with Crippen LogP contribution in [-0.2, 0) is 17.2 Å². The topological polar surface area (TPSA) is 60.3 Å². The van der Waals surface area contributed by atoms with Crippen LogP contribution in [0, 0.1) is 17.0 Å². The number of hydrogen-bond acceptors (Lipinski definition) is 4. The van der Waals surface area contributed by atoms with Gasteiger partial charge < -0.3 is 14.6 Å². The normalized spacial score (nSPS) is 23.6. The maximum absolute atomic E-state index is 14.6. The van der Waals surface area contributed by atoms with Crippen molar-refractivity contribution in [3.8, 4) is 0 Å². The highest BCUT2D eigenvalue weighted by molar-refractivity contribution is 5.96. The van der Waals surface area contributed by atoms with E-state index in [1.165, 1.54) is 29.8 Å². The lowest BCUT2D eigenvalue weighted by Crippen LogP contribution is -2.71. The molecule has 36 heavy (non-hydrogen) atoms. The molecule has 0 aliphatic heterocycles. The summed E-state index contributed by atoms with van der Waals surface area (Å²) in [7, 11) is 2.60. The maximum Gasteiger partial charge on any atom is 0.394 e. The molecule has 0 spiro atoms. The number of rotatable bonds is 5. The number of nitrogens with one attached hydrogen (secondary N) is 1. The summed E-state index contributed by atoms with van der Waals surface area (Å²) in [4.78, 5) is 25.3. The standard InChI is InChI=1S/C26H23F5N2O3/c1-13(32-19-6-4-5-18(28)21(19)23(35)36-3)15-7-14(27)8-17-16(15)9-20(33(2)22(17)34)24-10-25(11-24,12-24)26(29,30)31/h4-9,13,32H,10-12H2,1-3H3/t13-,24?,25?/m1/s1. The monoisotopic (exact) mass is 506 g/mol. The summed E-state index contributed by atoms with van der Waals surface area (Å²) in [6.45, 7) is 1.65. The molecule has 0 radical (unpaired) electrons. The van der Waals surface area contributed by atoms with Crippen LogP contribution in [0.5, 0.6) is 0 Å². The van der Waals surface area contributed by atoms with Crippen LogP contribution in [0.1, 0.15) is 53.8 Å². The molecule has 10 heteroatoms. The number of anilines is 1. The number of hydrogen-bond donors (Lipinski definition) is 1. The van der Waals surface area contributed by atoms with Gasteiger partial charge in [0, 0.05) is 24.2 Å². The van der Waals surface area contributed by atoms with Gasteiger partial charge in [0.25, 0.3) is 5.56 Å². The fourth-order valence-corrected chi connectivity index (χ4v) is 5.99. The van der Waals surface area contributed by atoms with Crippen molar-refractivity contribution in [2.45, 2.75) is 43.8 Å². The van der Waals surface area contributed by atoms with Gasteiger partial charge in [-0.2, -0.15) is 13.2 Å². The quantitative estimate of drug-likeness (QED) is 0.353. The van der Waals surface area contributed by atoms with Crippen LogP contribution >= 0.6 is 0 Å². The van der Waals surface area contributed by atoms with Crippen molar-refractivity contribution < 1.29 is 31.5 Å². The Labute approximate surface area is 202 Å². The van der Waals surface area contributed by atoms with Gasteiger partial charge in [-0.05, 0) is 67.5 Å². The molecule has 3 fully saturated rings. The lowest BCUT2D eigenvalue weighted by Gasteiger charge is -2.70. The first-order valence-corrected chi connectivity index (χ1v) is 11.4. The van der Waals surface area contributed by atoms with Gasteiger partial charge in [-0.3, -0.25) is 4.79 Å². The third-order valence-corrected chi connectivity index (χ3v) is 7.77. The summed E-state index contributed by atoms with van der Waals surface area (Å²) in [6, 6.07) is 7.24. The highest BCUT2D eigenvalue weighted by atomic mass is 19.4. The Morgan fingerprint density at radius 2 is 1.78 bits per heavy atom. The summed E-state index contributed by atoms with van der Waals surface area (Å²) in [5.74, 6) is -2.38. The SMILES string of the molecule is COC(=O)c1c(F)cccc1N[C@H](C)c1cc(F)cc2c(=O)n(C)c(C34CC(C(F)(F)F)(C3)C4)cc12. The number of pyridine rings is 1. The summed E-state index contributed by atoms with van der Waals surface area (Å²) >= 11 is 0. The lowest BCUT2D eigenvalue weighted by atomic mass is 9.34. The molecule has 2 bridgehead atoms. The number of benzene rings is 2. The third kappa shape index (κ3) is 3.33. The van der Waals surface area contributed by atoms with Gasteiger partial charge in [-0.25, -0.2) is 13.6 Å². The zero-order chi connectivity index (χ0) is 26.2. The Balaban J connectivity index is 1.59. The second-order valence-electron chi connectivity index (χ2n) is 9.96. The van der Waals surface area contributed by atoms with E-state index in [0.717, 1.165) is 19.2 Å². The molecule has 3 saturated carbocycles. The minimum absolute atomic E-state index is 0.0782. The number of esters is 1. The lowest BCUT2D eigenvalue weighted by molar-refractivity contribution is -0.338. The Morgan fingerprint density at radius 1 is 1.11 bits per heavy atom. The summed E-state index contributed by atoms with van der Waals surface area (Å²) in [5.41, 5.74) is -2.34. The molecular formula is C26H23F5N2O3. The van der Waals surface area contributed by atoms with Crippen LogP contribution in [0.25, 0.3) is 10.8 Å². The number of alkyl halides is 3. The smallest absolute Gasteiger partial charge is 0.394 e. The second kappa shape index (κ2) is 7.78. The van der Waals surface area contributed by atoms with Gasteiger partial charge in [-0.1, -0.05) is 6.07 Å². The van der Waals surface area contributed by atoms with Crippen LogP contribution in [0.4, 0.5) is 27.6 Å². The number of carbonyl (C=O) groups is 1. The predicted molar refractivity (Wildman–Crippen MR) is 123 cm³/mol. The van der Waals surface area contributed by atoms with E-state index in [9.17, 15) is 31.5 Å². The zero-order valence-electron chi connectivity index (χ0n) is 19.7. The predicted octanol–water partition coefficient (Wildman–Crippen LogP) is 5.76. The molecule has 190 valence electrons. The van der Waals surface area contributed by atoms with E-state index in [0.29, 0.717) is 16.6 Å². The average molecular weight is 506 g/mol. The second-order valence-corrected chi connectivity index (χ2v) is 9.96. The van der Waals surface area contributed by atoms with E-state index in [4.69, 9.17) is 0 Å². The Hall–Kier alpha value is -3.43. The minimum Gasteiger partial charge on any atom is -0.465 e. The summed E-state index contributed by atoms with van der Waals surface area (Å²) in [5, 5.41) is 3.46. The summed E-state index contributed by atoms with van der Waals surface area (Å²) in [6.07, 6.45) is -4.55. The Kier molecular flexibility index (Phi) is 5.25. The highest BCUT2D eigenvalue weighted by Crippen LogP contribution is 2.78. The number of halogens is 5. The van der Waals surface area contributed by atoms with Crippen LogP contribution in [0.3, 0.4) is 0 Å². The minimum atomic E-state index is -4.29. The van der Waals surface area contributed by atoms with Crippen LogP contribution in [0.15, 0.2) is 41.2 Å². The van der Waals surface area contributed by atoms with Crippen molar-refractivity contribution in [3.05, 3.63) is 75.2 Å². The van der Waals surface area contributed by atoms with Crippen molar-refractivity contribution >= 4 is 22.4 Å². The molecule has 6 rings (SSSR count). The summed E-state index contributed by atoms with van der Waals surface area (Å²) < 4.78 is 75.2. The molecular weight excluding hydrogens is 483 g/mol. The van der Waals surface area contributed by atoms with Gasteiger partial charge in [-0.15, -0.1) is 0 Å². The van der Waals surface area contributed by atoms with Crippen LogP contribution in [0.2, 0.25) is 0 Å². The van der Waals surface area contributed by atoms with Gasteiger partial charge in [0.1, 0.15) is 17.2 Å². The number of ether oxygens (including phenoxy) is 1. The highest BCUT2D eigenvalue weighted by Gasteiger charge is 2.79. The van der Waals surface area contributed by atoms with E-state index in [1.54, 1.807) is 13.0 Å². The molecule has 1 atom stereocenters. The van der Waals surface area contributed by atoms with Gasteiger partial charge in [0.15, 0.2) is 0 Å². The molecule has 0 amide bonds. The first kappa shape index (κ1) is 24.3. The van der Waals surface area contributed by atoms with Gasteiger partial charge >= 0.3 is 12.1 Å². The maximum atomic E-state index is 14.6. The van der Waals surface area contributed by atoms with E-state index in [-0.39, 0.29) is 35.9 Å². The molecule has 3 aromatic rings. The fourth-order valence-electron chi connectivity index (χ4n) is 5.99. The van der Waals surface area contributed by atoms with Crippen LogP contribution < -0.4 is 10.9 Å². The largest absolute Gasteiger partial charge is 0.465 e. The number of aromatic nitrogens is 1. The van der Waals surface area contributed by atoms with Crippen LogP contribution in [-0.4, -0.2) is 23.8 Å². The van der Waals surface area contributed by atoms with E-state index in [1.807, 2.05) is 0 Å². The fraction of sp³-hybridized carbons (Fsp3) is 0.385. The molecule has 1 N–H and O–H groups in total. The Morgan fingerprint density at radius 3 is 2.39 bits per heavy atom. The average Bonchev–Trinajstić information content (AvgIpc) is 2.74. The molecule has 1 heterocycles. The van der Waals surface area contributed by atoms with Gasteiger partial charge in [0.2, 0.25) is 0 Å². The van der Waals surface area contributed by atoms with E-state index < -0.39 is 46.2 Å². The molecule has 5 nitrogen and oxygen atoms in total. The van der Waals surface area contributed by atoms with Crippen molar-refractivity contribution in [2.24, 2.45) is 12.5 Å². The first-order chi connectivity index (χ1) is 16.8. The molecule has 0 saturated heterocycles. The molecule has 0 unspecified atom stereocenters. The first-order valence-electron chi connectivity index (χ1n) is 11.4. The number of carbonyl (C=O) groups excluding carboxylic acids is 1. The Bertz CT molecular complexity index is 1460. The van der Waals surface area contributed by atoms with E-state index in [2.05, 4.69) is 10.1 Å². The number of nitrogens with zero attached hydrogens (tertiary/aromatic N) is 1. The molecule has 3 aliphatic carbocycles.